The maximum absolute atomic E-state index is 12.2. The van der Waals surface area contributed by atoms with Gasteiger partial charge in [-0.05, 0) is 35.1 Å². The van der Waals surface area contributed by atoms with Crippen LogP contribution in [-0.4, -0.2) is 30.0 Å². The first-order chi connectivity index (χ1) is 12.7. The summed E-state index contributed by atoms with van der Waals surface area (Å²) in [6.07, 6.45) is 2.25. The number of allylic oxidation sites excluding steroid dienone is 1. The standard InChI is InChI=1S/C22H23NO3/c1-2-7-18-20(12-21(18)24)23-22(25)26-13-19-16-10-5-3-8-14(16)15-9-4-6-11-17(15)19/h2-6,8-11,18-21,24H,1,7,12-13H2,(H,23,25). The summed E-state index contributed by atoms with van der Waals surface area (Å²) in [6, 6.07) is 16.5. The lowest BCUT2D eigenvalue weighted by Gasteiger charge is -2.41. The monoisotopic (exact) mass is 349 g/mol. The van der Waals surface area contributed by atoms with Crippen molar-refractivity contribution >= 4 is 6.09 Å². The van der Waals surface area contributed by atoms with Gasteiger partial charge in [-0.15, -0.1) is 6.58 Å². The van der Waals surface area contributed by atoms with Gasteiger partial charge >= 0.3 is 6.09 Å². The molecule has 0 aromatic heterocycles. The van der Waals surface area contributed by atoms with E-state index in [0.717, 1.165) is 0 Å². The highest BCUT2D eigenvalue weighted by atomic mass is 16.5. The van der Waals surface area contributed by atoms with Crippen LogP contribution in [0.5, 0.6) is 0 Å². The summed E-state index contributed by atoms with van der Waals surface area (Å²) in [7, 11) is 0. The molecule has 4 nitrogen and oxygen atoms in total. The summed E-state index contributed by atoms with van der Waals surface area (Å²) < 4.78 is 5.55. The molecule has 3 atom stereocenters. The molecule has 1 amide bonds. The van der Waals surface area contributed by atoms with Crippen molar-refractivity contribution < 1.29 is 14.6 Å². The van der Waals surface area contributed by atoms with Gasteiger partial charge in [0.1, 0.15) is 6.61 Å². The van der Waals surface area contributed by atoms with Gasteiger partial charge in [-0.3, -0.25) is 0 Å². The number of fused-ring (bicyclic) bond motifs is 3. The molecule has 0 saturated heterocycles. The highest BCUT2D eigenvalue weighted by Gasteiger charge is 2.40. The molecule has 0 aliphatic heterocycles. The fourth-order valence-electron chi connectivity index (χ4n) is 4.15. The van der Waals surface area contributed by atoms with Gasteiger partial charge in [0, 0.05) is 17.9 Å². The Morgan fingerprint density at radius 2 is 1.77 bits per heavy atom. The SMILES string of the molecule is C=CCC1C(O)CC1NC(=O)OCC1c2ccccc2-c2ccccc21. The van der Waals surface area contributed by atoms with Crippen LogP contribution in [0.2, 0.25) is 0 Å². The minimum absolute atomic E-state index is 0.0352. The molecule has 2 aliphatic rings. The van der Waals surface area contributed by atoms with Gasteiger partial charge in [0.2, 0.25) is 0 Å². The molecular weight excluding hydrogens is 326 g/mol. The van der Waals surface area contributed by atoms with Gasteiger partial charge in [-0.2, -0.15) is 0 Å². The molecule has 3 unspecified atom stereocenters. The number of carbonyl (C=O) groups is 1. The van der Waals surface area contributed by atoms with Crippen LogP contribution in [-0.2, 0) is 4.74 Å². The van der Waals surface area contributed by atoms with Crippen molar-refractivity contribution in [3.63, 3.8) is 0 Å². The number of nitrogens with one attached hydrogen (secondary N) is 1. The van der Waals surface area contributed by atoms with E-state index in [4.69, 9.17) is 4.74 Å². The summed E-state index contributed by atoms with van der Waals surface area (Å²) in [6.45, 7) is 4.01. The number of carbonyl (C=O) groups excluding carboxylic acids is 1. The van der Waals surface area contributed by atoms with Crippen molar-refractivity contribution in [2.24, 2.45) is 5.92 Å². The van der Waals surface area contributed by atoms with Gasteiger partial charge in [0.25, 0.3) is 0 Å². The number of alkyl carbamates (subject to hydrolysis) is 1. The largest absolute Gasteiger partial charge is 0.449 e. The maximum Gasteiger partial charge on any atom is 0.407 e. The lowest BCUT2D eigenvalue weighted by atomic mass is 9.74. The van der Waals surface area contributed by atoms with Crippen LogP contribution >= 0.6 is 0 Å². The summed E-state index contributed by atoms with van der Waals surface area (Å²) in [5.74, 6) is 0.0945. The molecule has 2 aliphatic carbocycles. The van der Waals surface area contributed by atoms with Crippen LogP contribution in [0, 0.1) is 5.92 Å². The second-order valence-corrected chi connectivity index (χ2v) is 7.07. The van der Waals surface area contributed by atoms with E-state index >= 15 is 0 Å². The van der Waals surface area contributed by atoms with Crippen molar-refractivity contribution in [2.45, 2.75) is 30.9 Å². The smallest absolute Gasteiger partial charge is 0.407 e. The topological polar surface area (TPSA) is 58.6 Å². The number of amides is 1. The molecule has 2 N–H and O–H groups in total. The summed E-state index contributed by atoms with van der Waals surface area (Å²) in [5, 5.41) is 12.7. The molecule has 0 spiro atoms. The molecule has 4 heteroatoms. The minimum atomic E-state index is -0.419. The zero-order valence-electron chi connectivity index (χ0n) is 14.6. The fourth-order valence-corrected chi connectivity index (χ4v) is 4.15. The fraction of sp³-hybridized carbons (Fsp3) is 0.318. The van der Waals surface area contributed by atoms with E-state index in [2.05, 4.69) is 36.2 Å². The zero-order valence-corrected chi connectivity index (χ0v) is 14.6. The Labute approximate surface area is 153 Å². The van der Waals surface area contributed by atoms with Gasteiger partial charge in [0.05, 0.1) is 6.10 Å². The lowest BCUT2D eigenvalue weighted by molar-refractivity contribution is -0.00828. The number of hydrogen-bond acceptors (Lipinski definition) is 3. The Morgan fingerprint density at radius 3 is 2.35 bits per heavy atom. The van der Waals surface area contributed by atoms with Crippen LogP contribution in [0.4, 0.5) is 4.79 Å². The van der Waals surface area contributed by atoms with Crippen LogP contribution in [0.3, 0.4) is 0 Å². The Bertz CT molecular complexity index is 786. The van der Waals surface area contributed by atoms with Crippen molar-refractivity contribution in [3.05, 3.63) is 72.3 Å². The number of rotatable bonds is 5. The molecular formula is C22H23NO3. The van der Waals surface area contributed by atoms with Crippen molar-refractivity contribution in [1.82, 2.24) is 5.32 Å². The van der Waals surface area contributed by atoms with Crippen molar-refractivity contribution in [1.29, 1.82) is 0 Å². The second kappa shape index (κ2) is 6.96. The Hall–Kier alpha value is -2.59. The number of hydrogen-bond donors (Lipinski definition) is 2. The van der Waals surface area contributed by atoms with Crippen LogP contribution in [0.25, 0.3) is 11.1 Å². The third-order valence-corrected chi connectivity index (χ3v) is 5.59. The summed E-state index contributed by atoms with van der Waals surface area (Å²) >= 11 is 0. The van der Waals surface area contributed by atoms with E-state index in [1.165, 1.54) is 22.3 Å². The first-order valence-corrected chi connectivity index (χ1v) is 9.09. The minimum Gasteiger partial charge on any atom is -0.449 e. The Morgan fingerprint density at radius 1 is 1.15 bits per heavy atom. The molecule has 0 bridgehead atoms. The molecule has 1 saturated carbocycles. The van der Waals surface area contributed by atoms with E-state index in [9.17, 15) is 9.90 Å². The molecule has 4 rings (SSSR count). The zero-order chi connectivity index (χ0) is 18.1. The number of ether oxygens (including phenoxy) is 1. The average molecular weight is 349 g/mol. The number of aliphatic hydroxyl groups is 1. The van der Waals surface area contributed by atoms with Gasteiger partial charge < -0.3 is 15.2 Å². The molecule has 2 aromatic carbocycles. The van der Waals surface area contributed by atoms with E-state index in [0.29, 0.717) is 19.4 Å². The Kier molecular flexibility index (Phi) is 4.51. The van der Waals surface area contributed by atoms with E-state index in [-0.39, 0.29) is 24.0 Å². The predicted molar refractivity (Wildman–Crippen MR) is 101 cm³/mol. The molecule has 134 valence electrons. The third-order valence-electron chi connectivity index (χ3n) is 5.59. The Balaban J connectivity index is 1.42. The normalized spacial score (nSPS) is 23.5. The molecule has 0 radical (unpaired) electrons. The maximum atomic E-state index is 12.2. The van der Waals surface area contributed by atoms with Gasteiger partial charge in [-0.1, -0.05) is 54.6 Å². The first kappa shape index (κ1) is 16.9. The first-order valence-electron chi connectivity index (χ1n) is 9.09. The molecule has 2 aromatic rings. The van der Waals surface area contributed by atoms with Crippen LogP contribution < -0.4 is 5.32 Å². The quantitative estimate of drug-likeness (QED) is 0.806. The molecule has 1 fully saturated rings. The molecule has 0 heterocycles. The van der Waals surface area contributed by atoms with Crippen LogP contribution in [0.1, 0.15) is 29.9 Å². The third kappa shape index (κ3) is 2.90. The van der Waals surface area contributed by atoms with E-state index < -0.39 is 6.09 Å². The second-order valence-electron chi connectivity index (χ2n) is 7.07. The van der Waals surface area contributed by atoms with Crippen molar-refractivity contribution in [2.75, 3.05) is 6.61 Å². The average Bonchev–Trinajstić information content (AvgIpc) is 2.98. The van der Waals surface area contributed by atoms with Crippen molar-refractivity contribution in [3.8, 4) is 11.1 Å². The summed E-state index contributed by atoms with van der Waals surface area (Å²) in [4.78, 5) is 12.2. The van der Waals surface area contributed by atoms with Gasteiger partial charge in [0.15, 0.2) is 0 Å². The van der Waals surface area contributed by atoms with Crippen LogP contribution in [0.15, 0.2) is 61.2 Å². The predicted octanol–water partition coefficient (Wildman–Crippen LogP) is 3.85. The highest BCUT2D eigenvalue weighted by Crippen LogP contribution is 2.44. The lowest BCUT2D eigenvalue weighted by Crippen LogP contribution is -2.55. The number of benzene rings is 2. The van der Waals surface area contributed by atoms with E-state index in [1.807, 2.05) is 24.3 Å². The van der Waals surface area contributed by atoms with E-state index in [1.54, 1.807) is 6.08 Å². The highest BCUT2D eigenvalue weighted by molar-refractivity contribution is 5.79. The number of aliphatic hydroxyl groups excluding tert-OH is 1. The molecule has 26 heavy (non-hydrogen) atoms. The van der Waals surface area contributed by atoms with Gasteiger partial charge in [-0.25, -0.2) is 4.79 Å². The summed E-state index contributed by atoms with van der Waals surface area (Å²) in [5.41, 5.74) is 4.82.